The van der Waals surface area contributed by atoms with E-state index < -0.39 is 0 Å². The number of para-hydroxylation sites is 2. The maximum Gasteiger partial charge on any atom is 0.157 e. The Bertz CT molecular complexity index is 1330. The Morgan fingerprint density at radius 1 is 1.00 bits per heavy atom. The van der Waals surface area contributed by atoms with Crippen LogP contribution in [0.15, 0.2) is 54.6 Å². The molecule has 0 unspecified atom stereocenters. The molecule has 2 aromatic carbocycles. The van der Waals surface area contributed by atoms with Gasteiger partial charge in [0, 0.05) is 32.7 Å². The average Bonchev–Trinajstić information content (AvgIpc) is 3.25. The molecule has 1 saturated heterocycles. The number of benzene rings is 2. The molecule has 0 spiro atoms. The van der Waals surface area contributed by atoms with Gasteiger partial charge in [-0.25, -0.2) is 4.98 Å². The Morgan fingerprint density at radius 3 is 2.47 bits per heavy atom. The zero-order valence-corrected chi connectivity index (χ0v) is 20.0. The Hall–Kier alpha value is -3.56. The summed E-state index contributed by atoms with van der Waals surface area (Å²) in [7, 11) is 0. The maximum absolute atomic E-state index is 9.96. The van der Waals surface area contributed by atoms with Gasteiger partial charge in [0.1, 0.15) is 17.6 Å². The van der Waals surface area contributed by atoms with Crippen molar-refractivity contribution < 1.29 is 4.74 Å². The molecule has 5 rings (SSSR count). The van der Waals surface area contributed by atoms with Crippen molar-refractivity contribution in [1.82, 2.24) is 14.3 Å². The number of fused-ring (bicyclic) bond motifs is 3. The Kier molecular flexibility index (Phi) is 6.37. The highest BCUT2D eigenvalue weighted by atomic mass is 16.5. The standard InChI is InChI=1S/C28H31N5O/c1-3-7-22-18-27(33-26-9-6-5-8-25(26)30-28(33)24(22)19-29)32-16-14-31(15-17-32)20-21-10-12-23(13-11-21)34-4-2/h5-6,8-13,18H,3-4,7,14-17,20H2,1-2H3. The summed E-state index contributed by atoms with van der Waals surface area (Å²) in [6.07, 6.45) is 1.88. The number of ether oxygens (including phenoxy) is 1. The normalized spacial score (nSPS) is 14.6. The third-order valence-corrected chi connectivity index (χ3v) is 6.61. The fourth-order valence-electron chi connectivity index (χ4n) is 4.93. The highest BCUT2D eigenvalue weighted by molar-refractivity contribution is 5.85. The van der Waals surface area contributed by atoms with Crippen molar-refractivity contribution in [3.05, 3.63) is 71.3 Å². The number of imidazole rings is 1. The van der Waals surface area contributed by atoms with Gasteiger partial charge in [-0.2, -0.15) is 5.26 Å². The second kappa shape index (κ2) is 9.74. The van der Waals surface area contributed by atoms with Crippen molar-refractivity contribution in [2.24, 2.45) is 0 Å². The SMILES string of the molecule is CCCc1cc(N2CCN(Cc3ccc(OCC)cc3)CC2)n2c(nc3ccccc32)c1C#N. The number of rotatable bonds is 7. The molecule has 0 bridgehead atoms. The van der Waals surface area contributed by atoms with E-state index in [1.54, 1.807) is 0 Å². The molecule has 0 aliphatic carbocycles. The van der Waals surface area contributed by atoms with E-state index in [4.69, 9.17) is 9.72 Å². The van der Waals surface area contributed by atoms with Gasteiger partial charge in [-0.1, -0.05) is 37.6 Å². The molecule has 6 nitrogen and oxygen atoms in total. The van der Waals surface area contributed by atoms with Gasteiger partial charge < -0.3 is 9.64 Å². The Morgan fingerprint density at radius 2 is 1.76 bits per heavy atom. The molecule has 0 radical (unpaired) electrons. The molecule has 2 aromatic heterocycles. The zero-order valence-electron chi connectivity index (χ0n) is 20.0. The molecule has 174 valence electrons. The minimum Gasteiger partial charge on any atom is -0.494 e. The van der Waals surface area contributed by atoms with Gasteiger partial charge in [-0.05, 0) is 54.8 Å². The van der Waals surface area contributed by atoms with E-state index in [0.29, 0.717) is 12.2 Å². The van der Waals surface area contributed by atoms with Crippen LogP contribution in [0.25, 0.3) is 16.7 Å². The molecule has 1 aliphatic heterocycles. The largest absolute Gasteiger partial charge is 0.494 e. The first-order valence-corrected chi connectivity index (χ1v) is 12.2. The van der Waals surface area contributed by atoms with Crippen LogP contribution in [0.2, 0.25) is 0 Å². The van der Waals surface area contributed by atoms with Crippen LogP contribution in [-0.4, -0.2) is 47.1 Å². The molecular weight excluding hydrogens is 422 g/mol. The first kappa shape index (κ1) is 22.2. The van der Waals surface area contributed by atoms with Crippen LogP contribution in [-0.2, 0) is 13.0 Å². The maximum atomic E-state index is 9.96. The zero-order chi connectivity index (χ0) is 23.5. The molecule has 1 fully saturated rings. The van der Waals surface area contributed by atoms with Crippen molar-refractivity contribution in [3.63, 3.8) is 0 Å². The Labute approximate surface area is 201 Å². The fourth-order valence-corrected chi connectivity index (χ4v) is 4.93. The lowest BCUT2D eigenvalue weighted by Gasteiger charge is -2.36. The molecular formula is C28H31N5O. The smallest absolute Gasteiger partial charge is 0.157 e. The van der Waals surface area contributed by atoms with Crippen LogP contribution < -0.4 is 9.64 Å². The summed E-state index contributed by atoms with van der Waals surface area (Å²) in [6.45, 7) is 9.66. The third-order valence-electron chi connectivity index (χ3n) is 6.61. The van der Waals surface area contributed by atoms with Crippen LogP contribution >= 0.6 is 0 Å². The lowest BCUT2D eigenvalue weighted by Crippen LogP contribution is -2.46. The van der Waals surface area contributed by atoms with Gasteiger partial charge in [-0.15, -0.1) is 0 Å². The van der Waals surface area contributed by atoms with Crippen molar-refractivity contribution in [2.45, 2.75) is 33.2 Å². The number of hydrogen-bond donors (Lipinski definition) is 0. The van der Waals surface area contributed by atoms with E-state index in [9.17, 15) is 5.26 Å². The van der Waals surface area contributed by atoms with Gasteiger partial charge in [0.25, 0.3) is 0 Å². The molecule has 6 heteroatoms. The van der Waals surface area contributed by atoms with Crippen molar-refractivity contribution in [3.8, 4) is 11.8 Å². The summed E-state index contributed by atoms with van der Waals surface area (Å²) < 4.78 is 7.76. The predicted octanol–water partition coefficient (Wildman–Crippen LogP) is 5.03. The van der Waals surface area contributed by atoms with Gasteiger partial charge in [-0.3, -0.25) is 9.30 Å². The van der Waals surface area contributed by atoms with Crippen LogP contribution in [0.4, 0.5) is 5.82 Å². The number of aryl methyl sites for hydroxylation is 1. The molecule has 0 N–H and O–H groups in total. The topological polar surface area (TPSA) is 56.8 Å². The second-order valence-electron chi connectivity index (χ2n) is 8.86. The van der Waals surface area contributed by atoms with E-state index >= 15 is 0 Å². The first-order valence-electron chi connectivity index (χ1n) is 12.2. The number of piperazine rings is 1. The summed E-state index contributed by atoms with van der Waals surface area (Å²) in [5, 5.41) is 9.96. The van der Waals surface area contributed by atoms with Gasteiger partial charge in [0.2, 0.25) is 0 Å². The van der Waals surface area contributed by atoms with Crippen molar-refractivity contribution in [2.75, 3.05) is 37.7 Å². The molecule has 0 atom stereocenters. The van der Waals surface area contributed by atoms with Crippen LogP contribution in [0.5, 0.6) is 5.75 Å². The number of hydrogen-bond acceptors (Lipinski definition) is 5. The van der Waals surface area contributed by atoms with E-state index in [-0.39, 0.29) is 0 Å². The van der Waals surface area contributed by atoms with E-state index in [1.165, 1.54) is 5.56 Å². The number of pyridine rings is 1. The molecule has 34 heavy (non-hydrogen) atoms. The highest BCUT2D eigenvalue weighted by Crippen LogP contribution is 2.30. The lowest BCUT2D eigenvalue weighted by molar-refractivity contribution is 0.249. The van der Waals surface area contributed by atoms with Crippen molar-refractivity contribution in [1.29, 1.82) is 5.26 Å². The Balaban J connectivity index is 1.42. The van der Waals surface area contributed by atoms with Crippen LogP contribution in [0, 0.1) is 11.3 Å². The number of nitriles is 1. The number of anilines is 1. The van der Waals surface area contributed by atoms with Gasteiger partial charge in [0.15, 0.2) is 5.65 Å². The quantitative estimate of drug-likeness (QED) is 0.393. The third kappa shape index (κ3) is 4.20. The summed E-state index contributed by atoms with van der Waals surface area (Å²) in [4.78, 5) is 9.83. The van der Waals surface area contributed by atoms with Crippen LogP contribution in [0.3, 0.4) is 0 Å². The molecule has 0 saturated carbocycles. The molecule has 3 heterocycles. The summed E-state index contributed by atoms with van der Waals surface area (Å²) in [6, 6.07) is 21.3. The van der Waals surface area contributed by atoms with Crippen LogP contribution in [0.1, 0.15) is 37.0 Å². The summed E-state index contributed by atoms with van der Waals surface area (Å²) in [5.74, 6) is 2.07. The monoisotopic (exact) mass is 453 g/mol. The molecule has 1 aliphatic rings. The minimum atomic E-state index is 0.691. The second-order valence-corrected chi connectivity index (χ2v) is 8.86. The fraction of sp³-hybridized carbons (Fsp3) is 0.357. The predicted molar refractivity (Wildman–Crippen MR) is 137 cm³/mol. The van der Waals surface area contributed by atoms with Gasteiger partial charge in [0.05, 0.1) is 23.2 Å². The van der Waals surface area contributed by atoms with E-state index in [2.05, 4.69) is 63.6 Å². The van der Waals surface area contributed by atoms with Crippen molar-refractivity contribution >= 4 is 22.5 Å². The molecule has 4 aromatic rings. The summed E-state index contributed by atoms with van der Waals surface area (Å²) in [5.41, 5.74) is 5.88. The first-order chi connectivity index (χ1) is 16.7. The van der Waals surface area contributed by atoms with E-state index in [1.807, 2.05) is 25.1 Å². The number of aromatic nitrogens is 2. The lowest BCUT2D eigenvalue weighted by atomic mass is 10.0. The van der Waals surface area contributed by atoms with Gasteiger partial charge >= 0.3 is 0 Å². The van der Waals surface area contributed by atoms with E-state index in [0.717, 1.165) is 79.4 Å². The molecule has 0 amide bonds. The number of nitrogens with zero attached hydrogens (tertiary/aromatic N) is 5. The minimum absolute atomic E-state index is 0.691. The summed E-state index contributed by atoms with van der Waals surface area (Å²) >= 11 is 0. The highest BCUT2D eigenvalue weighted by Gasteiger charge is 2.23. The average molecular weight is 454 g/mol.